The maximum atomic E-state index is 9.33. The summed E-state index contributed by atoms with van der Waals surface area (Å²) in [6.07, 6.45) is 1.53. The zero-order valence-electron chi connectivity index (χ0n) is 10.3. The van der Waals surface area contributed by atoms with Gasteiger partial charge in [0, 0.05) is 5.02 Å². The Bertz CT molecular complexity index is 627. The molecule has 0 saturated carbocycles. The highest BCUT2D eigenvalue weighted by Crippen LogP contribution is 2.24. The van der Waals surface area contributed by atoms with E-state index < -0.39 is 0 Å². The quantitative estimate of drug-likeness (QED) is 0.457. The molecule has 2 aromatic carbocycles. The number of hydrazone groups is 1. The highest BCUT2D eigenvalue weighted by atomic mass is 35.5. The average molecular weight is 277 g/mol. The molecule has 5 heteroatoms. The number of phenolic OH excluding ortho intramolecular Hbond substituents is 2. The summed E-state index contributed by atoms with van der Waals surface area (Å²) in [5.74, 6) is -0.335. The lowest BCUT2D eigenvalue weighted by Gasteiger charge is -2.03. The molecule has 0 atom stereocenters. The van der Waals surface area contributed by atoms with Gasteiger partial charge in [-0.1, -0.05) is 17.7 Å². The van der Waals surface area contributed by atoms with Crippen molar-refractivity contribution in [1.29, 1.82) is 0 Å². The molecule has 98 valence electrons. The Morgan fingerprint density at radius 2 is 1.89 bits per heavy atom. The van der Waals surface area contributed by atoms with Gasteiger partial charge in [-0.3, -0.25) is 5.43 Å². The van der Waals surface area contributed by atoms with Crippen LogP contribution in [0.3, 0.4) is 0 Å². The molecule has 0 aliphatic rings. The Morgan fingerprint density at radius 1 is 1.11 bits per heavy atom. The van der Waals surface area contributed by atoms with Gasteiger partial charge in [-0.05, 0) is 48.4 Å². The van der Waals surface area contributed by atoms with Gasteiger partial charge in [-0.15, -0.1) is 0 Å². The van der Waals surface area contributed by atoms with E-state index >= 15 is 0 Å². The highest BCUT2D eigenvalue weighted by Gasteiger charge is 1.99. The highest BCUT2D eigenvalue weighted by molar-refractivity contribution is 6.31. The molecular formula is C14H13ClN2O2. The third-order valence-corrected chi connectivity index (χ3v) is 2.99. The summed E-state index contributed by atoms with van der Waals surface area (Å²) in [5.41, 5.74) is 5.28. The molecule has 0 radical (unpaired) electrons. The van der Waals surface area contributed by atoms with E-state index in [1.807, 2.05) is 19.1 Å². The van der Waals surface area contributed by atoms with Crippen LogP contribution in [0.4, 0.5) is 5.69 Å². The van der Waals surface area contributed by atoms with Gasteiger partial charge in [-0.2, -0.15) is 5.10 Å². The number of aromatic hydroxyl groups is 2. The predicted molar refractivity (Wildman–Crippen MR) is 77.2 cm³/mol. The molecule has 0 saturated heterocycles. The van der Waals surface area contributed by atoms with Crippen LogP contribution in [0.25, 0.3) is 0 Å². The normalized spacial score (nSPS) is 10.8. The predicted octanol–water partition coefficient (Wildman–Crippen LogP) is 3.51. The first kappa shape index (κ1) is 13.2. The fourth-order valence-electron chi connectivity index (χ4n) is 1.46. The number of halogens is 1. The summed E-state index contributed by atoms with van der Waals surface area (Å²) >= 11 is 6.00. The van der Waals surface area contributed by atoms with Crippen LogP contribution >= 0.6 is 11.6 Å². The lowest BCUT2D eigenvalue weighted by Crippen LogP contribution is -1.91. The fourth-order valence-corrected chi connectivity index (χ4v) is 1.65. The Labute approximate surface area is 116 Å². The Morgan fingerprint density at radius 3 is 2.58 bits per heavy atom. The van der Waals surface area contributed by atoms with Gasteiger partial charge in [-0.25, -0.2) is 0 Å². The molecule has 0 spiro atoms. The zero-order valence-corrected chi connectivity index (χ0v) is 11.0. The van der Waals surface area contributed by atoms with Crippen LogP contribution in [0.15, 0.2) is 41.5 Å². The number of phenols is 2. The van der Waals surface area contributed by atoms with Crippen molar-refractivity contribution in [3.8, 4) is 11.5 Å². The van der Waals surface area contributed by atoms with Crippen molar-refractivity contribution in [2.24, 2.45) is 5.10 Å². The number of nitrogens with zero attached hydrogens (tertiary/aromatic N) is 1. The van der Waals surface area contributed by atoms with Crippen molar-refractivity contribution in [1.82, 2.24) is 0 Å². The molecule has 4 nitrogen and oxygen atoms in total. The van der Waals surface area contributed by atoms with E-state index in [4.69, 9.17) is 11.6 Å². The average Bonchev–Trinajstić information content (AvgIpc) is 2.38. The van der Waals surface area contributed by atoms with Gasteiger partial charge in [0.25, 0.3) is 0 Å². The van der Waals surface area contributed by atoms with Gasteiger partial charge >= 0.3 is 0 Å². The standard InChI is InChI=1S/C14H13ClN2O2/c1-9-2-4-11(7-12(9)15)17-16-8-10-3-5-13(18)14(19)6-10/h2-8,17-19H,1H3/b16-8+. The number of nitrogens with one attached hydrogen (secondary N) is 1. The van der Waals surface area contributed by atoms with E-state index in [2.05, 4.69) is 10.5 Å². The van der Waals surface area contributed by atoms with Crippen LogP contribution in [0.1, 0.15) is 11.1 Å². The molecule has 0 bridgehead atoms. The van der Waals surface area contributed by atoms with E-state index in [1.165, 1.54) is 18.3 Å². The monoisotopic (exact) mass is 276 g/mol. The van der Waals surface area contributed by atoms with Crippen molar-refractivity contribution in [3.63, 3.8) is 0 Å². The van der Waals surface area contributed by atoms with Gasteiger partial charge in [0.1, 0.15) is 0 Å². The van der Waals surface area contributed by atoms with Crippen molar-refractivity contribution >= 4 is 23.5 Å². The molecule has 2 aromatic rings. The summed E-state index contributed by atoms with van der Waals surface area (Å²) in [6.45, 7) is 1.93. The van der Waals surface area contributed by atoms with E-state index in [1.54, 1.807) is 12.1 Å². The lowest BCUT2D eigenvalue weighted by atomic mass is 10.2. The molecule has 0 amide bonds. The summed E-state index contributed by atoms with van der Waals surface area (Å²) in [4.78, 5) is 0. The van der Waals surface area contributed by atoms with E-state index in [0.717, 1.165) is 11.3 Å². The van der Waals surface area contributed by atoms with Crippen LogP contribution in [-0.4, -0.2) is 16.4 Å². The fraction of sp³-hybridized carbons (Fsp3) is 0.0714. The van der Waals surface area contributed by atoms with Crippen LogP contribution < -0.4 is 5.43 Å². The van der Waals surface area contributed by atoms with Crippen LogP contribution in [-0.2, 0) is 0 Å². The van der Waals surface area contributed by atoms with Gasteiger partial charge in [0.15, 0.2) is 11.5 Å². The minimum Gasteiger partial charge on any atom is -0.504 e. The summed E-state index contributed by atoms with van der Waals surface area (Å²) < 4.78 is 0. The largest absolute Gasteiger partial charge is 0.504 e. The molecular weight excluding hydrogens is 264 g/mol. The van der Waals surface area contributed by atoms with Crippen molar-refractivity contribution in [2.75, 3.05) is 5.43 Å². The Kier molecular flexibility index (Phi) is 3.92. The van der Waals surface area contributed by atoms with E-state index in [9.17, 15) is 10.2 Å². The van der Waals surface area contributed by atoms with Gasteiger partial charge in [0.05, 0.1) is 11.9 Å². The molecule has 0 aromatic heterocycles. The maximum absolute atomic E-state index is 9.33. The molecule has 0 fully saturated rings. The SMILES string of the molecule is Cc1ccc(N/N=C/c2ccc(O)c(O)c2)cc1Cl. The summed E-state index contributed by atoms with van der Waals surface area (Å²) in [5, 5.41) is 23.2. The number of benzene rings is 2. The Hall–Kier alpha value is -2.20. The number of hydrogen-bond acceptors (Lipinski definition) is 4. The van der Waals surface area contributed by atoms with Crippen LogP contribution in [0, 0.1) is 6.92 Å². The number of hydrogen-bond donors (Lipinski definition) is 3. The second-order valence-electron chi connectivity index (χ2n) is 4.08. The van der Waals surface area contributed by atoms with Gasteiger partial charge in [0.2, 0.25) is 0 Å². The lowest BCUT2D eigenvalue weighted by molar-refractivity contribution is 0.403. The van der Waals surface area contributed by atoms with Gasteiger partial charge < -0.3 is 10.2 Å². The number of anilines is 1. The first-order chi connectivity index (χ1) is 9.06. The molecule has 0 aliphatic heterocycles. The first-order valence-corrected chi connectivity index (χ1v) is 6.01. The number of rotatable bonds is 3. The zero-order chi connectivity index (χ0) is 13.8. The van der Waals surface area contributed by atoms with Crippen molar-refractivity contribution in [3.05, 3.63) is 52.5 Å². The topological polar surface area (TPSA) is 64.9 Å². The van der Waals surface area contributed by atoms with Crippen molar-refractivity contribution < 1.29 is 10.2 Å². The number of aryl methyl sites for hydroxylation is 1. The van der Waals surface area contributed by atoms with Crippen LogP contribution in [0.5, 0.6) is 11.5 Å². The second-order valence-corrected chi connectivity index (χ2v) is 4.49. The minimum atomic E-state index is -0.178. The molecule has 0 unspecified atom stereocenters. The maximum Gasteiger partial charge on any atom is 0.158 e. The summed E-state index contributed by atoms with van der Waals surface area (Å²) in [7, 11) is 0. The first-order valence-electron chi connectivity index (χ1n) is 5.63. The third-order valence-electron chi connectivity index (χ3n) is 2.58. The smallest absolute Gasteiger partial charge is 0.158 e. The van der Waals surface area contributed by atoms with E-state index in [0.29, 0.717) is 10.6 Å². The molecule has 3 N–H and O–H groups in total. The Balaban J connectivity index is 2.06. The molecule has 0 heterocycles. The third kappa shape index (κ3) is 3.39. The van der Waals surface area contributed by atoms with E-state index in [-0.39, 0.29) is 11.5 Å². The molecule has 0 aliphatic carbocycles. The van der Waals surface area contributed by atoms with Crippen molar-refractivity contribution in [2.45, 2.75) is 6.92 Å². The van der Waals surface area contributed by atoms with Crippen LogP contribution in [0.2, 0.25) is 5.02 Å². The second kappa shape index (κ2) is 5.63. The molecule has 19 heavy (non-hydrogen) atoms. The minimum absolute atomic E-state index is 0.157. The molecule has 2 rings (SSSR count). The summed E-state index contributed by atoms with van der Waals surface area (Å²) in [6, 6.07) is 10.0.